The predicted molar refractivity (Wildman–Crippen MR) is 50.1 cm³/mol. The molecule has 78 valence electrons. The minimum atomic E-state index is -0.519. The smallest absolute Gasteiger partial charge is 0.259 e. The summed E-state index contributed by atoms with van der Waals surface area (Å²) in [4.78, 5) is 22.8. The van der Waals surface area contributed by atoms with E-state index in [2.05, 4.69) is 5.32 Å². The Bertz CT molecular complexity index is 412. The first-order valence-electron chi connectivity index (χ1n) is 4.41. The van der Waals surface area contributed by atoms with Gasteiger partial charge in [-0.25, -0.2) is 0 Å². The summed E-state index contributed by atoms with van der Waals surface area (Å²) in [5, 5.41) is 20.2. The maximum atomic E-state index is 11.4. The van der Waals surface area contributed by atoms with E-state index in [-0.39, 0.29) is 24.3 Å². The van der Waals surface area contributed by atoms with E-state index in [4.69, 9.17) is 10.2 Å². The Balaban J connectivity index is 2.72. The molecule has 1 aliphatic rings. The fourth-order valence-electron chi connectivity index (χ4n) is 1.70. The van der Waals surface area contributed by atoms with Crippen LogP contribution in [-0.2, 0) is 13.2 Å². The lowest BCUT2D eigenvalue weighted by atomic mass is 9.98. The number of nitrogens with one attached hydrogen (secondary N) is 1. The highest BCUT2D eigenvalue weighted by molar-refractivity contribution is 6.22. The van der Waals surface area contributed by atoms with Crippen molar-refractivity contribution in [3.63, 3.8) is 0 Å². The molecular weight excluding hydrogens is 198 g/mol. The number of amides is 2. The predicted octanol–water partition coefficient (Wildman–Crippen LogP) is -0.445. The average Bonchev–Trinajstić information content (AvgIpc) is 2.54. The number of hydrogen-bond acceptors (Lipinski definition) is 4. The van der Waals surface area contributed by atoms with Crippen LogP contribution in [0.3, 0.4) is 0 Å². The molecule has 0 aliphatic carbocycles. The summed E-state index contributed by atoms with van der Waals surface area (Å²) in [5.41, 5.74) is 1.14. The maximum Gasteiger partial charge on any atom is 0.259 e. The van der Waals surface area contributed by atoms with Crippen molar-refractivity contribution in [2.24, 2.45) is 0 Å². The minimum absolute atomic E-state index is 0.175. The van der Waals surface area contributed by atoms with Crippen LogP contribution in [0.25, 0.3) is 0 Å². The molecule has 3 N–H and O–H groups in total. The van der Waals surface area contributed by atoms with Crippen molar-refractivity contribution in [1.82, 2.24) is 5.32 Å². The fourth-order valence-corrected chi connectivity index (χ4v) is 1.70. The molecule has 1 aromatic carbocycles. The molecule has 0 bridgehead atoms. The summed E-state index contributed by atoms with van der Waals surface area (Å²) >= 11 is 0. The zero-order valence-electron chi connectivity index (χ0n) is 7.78. The third-order valence-corrected chi connectivity index (χ3v) is 2.40. The zero-order valence-corrected chi connectivity index (χ0v) is 7.78. The zero-order chi connectivity index (χ0) is 11.0. The van der Waals surface area contributed by atoms with Crippen molar-refractivity contribution >= 4 is 11.8 Å². The summed E-state index contributed by atoms with van der Waals surface area (Å²) < 4.78 is 0. The second-order valence-corrected chi connectivity index (χ2v) is 3.23. The topological polar surface area (TPSA) is 86.6 Å². The first-order chi connectivity index (χ1) is 7.19. The van der Waals surface area contributed by atoms with Gasteiger partial charge in [0.1, 0.15) is 0 Å². The van der Waals surface area contributed by atoms with E-state index < -0.39 is 11.8 Å². The van der Waals surface area contributed by atoms with Gasteiger partial charge < -0.3 is 10.2 Å². The molecule has 15 heavy (non-hydrogen) atoms. The van der Waals surface area contributed by atoms with Crippen LogP contribution in [0.2, 0.25) is 0 Å². The summed E-state index contributed by atoms with van der Waals surface area (Å²) in [6.45, 7) is -0.622. The summed E-state index contributed by atoms with van der Waals surface area (Å²) in [7, 11) is 0. The molecule has 2 amide bonds. The van der Waals surface area contributed by atoms with Gasteiger partial charge in [-0.15, -0.1) is 0 Å². The van der Waals surface area contributed by atoms with Crippen LogP contribution in [0, 0.1) is 0 Å². The average molecular weight is 207 g/mol. The van der Waals surface area contributed by atoms with Crippen molar-refractivity contribution in [2.45, 2.75) is 13.2 Å². The van der Waals surface area contributed by atoms with Gasteiger partial charge in [-0.2, -0.15) is 0 Å². The van der Waals surface area contributed by atoms with Gasteiger partial charge in [0.25, 0.3) is 11.8 Å². The van der Waals surface area contributed by atoms with Crippen molar-refractivity contribution in [1.29, 1.82) is 0 Å². The van der Waals surface area contributed by atoms with E-state index in [0.29, 0.717) is 11.1 Å². The Hall–Kier alpha value is -1.72. The van der Waals surface area contributed by atoms with E-state index in [1.54, 1.807) is 0 Å². The van der Waals surface area contributed by atoms with E-state index in [0.717, 1.165) is 0 Å². The third kappa shape index (κ3) is 1.33. The monoisotopic (exact) mass is 207 g/mol. The number of aliphatic hydroxyl groups is 2. The second kappa shape index (κ2) is 3.45. The number of hydrogen-bond donors (Lipinski definition) is 3. The lowest BCUT2D eigenvalue weighted by Crippen LogP contribution is -2.20. The van der Waals surface area contributed by atoms with Gasteiger partial charge in [0.05, 0.1) is 24.3 Å². The van der Waals surface area contributed by atoms with Crippen molar-refractivity contribution < 1.29 is 19.8 Å². The van der Waals surface area contributed by atoms with E-state index in [1.807, 2.05) is 0 Å². The van der Waals surface area contributed by atoms with Crippen LogP contribution in [0.1, 0.15) is 31.8 Å². The van der Waals surface area contributed by atoms with Crippen LogP contribution in [0.15, 0.2) is 12.1 Å². The Morgan fingerprint density at radius 1 is 0.933 bits per heavy atom. The van der Waals surface area contributed by atoms with E-state index >= 15 is 0 Å². The highest BCUT2D eigenvalue weighted by Gasteiger charge is 2.31. The highest BCUT2D eigenvalue weighted by Crippen LogP contribution is 2.24. The molecule has 0 spiro atoms. The van der Waals surface area contributed by atoms with Gasteiger partial charge in [-0.1, -0.05) is 12.1 Å². The maximum absolute atomic E-state index is 11.4. The van der Waals surface area contributed by atoms with Crippen LogP contribution >= 0.6 is 0 Å². The Morgan fingerprint density at radius 2 is 1.33 bits per heavy atom. The van der Waals surface area contributed by atoms with Gasteiger partial charge in [0.2, 0.25) is 0 Å². The van der Waals surface area contributed by atoms with Crippen LogP contribution in [-0.4, -0.2) is 22.0 Å². The standard InChI is InChI=1S/C10H9NO4/c12-3-5-1-2-6(4-13)8-7(5)9(14)11-10(8)15/h1-2,12-13H,3-4H2,(H,11,14,15). The summed E-state index contributed by atoms with van der Waals surface area (Å²) in [6.07, 6.45) is 0. The molecule has 2 rings (SSSR count). The number of fused-ring (bicyclic) bond motifs is 1. The van der Waals surface area contributed by atoms with Crippen LogP contribution < -0.4 is 5.32 Å². The second-order valence-electron chi connectivity index (χ2n) is 3.23. The highest BCUT2D eigenvalue weighted by atomic mass is 16.3. The first kappa shape index (κ1) is 9.82. The summed E-state index contributed by atoms with van der Waals surface area (Å²) in [5.74, 6) is -1.04. The molecule has 0 radical (unpaired) electrons. The SMILES string of the molecule is O=C1NC(=O)c2c(CO)ccc(CO)c21. The lowest BCUT2D eigenvalue weighted by molar-refractivity contribution is 0.0877. The Kier molecular flexibility index (Phi) is 2.26. The van der Waals surface area contributed by atoms with Gasteiger partial charge in [-0.05, 0) is 11.1 Å². The third-order valence-electron chi connectivity index (χ3n) is 2.40. The van der Waals surface area contributed by atoms with Crippen molar-refractivity contribution in [2.75, 3.05) is 0 Å². The first-order valence-corrected chi connectivity index (χ1v) is 4.41. The molecule has 1 aliphatic heterocycles. The van der Waals surface area contributed by atoms with E-state index in [1.165, 1.54) is 12.1 Å². The van der Waals surface area contributed by atoms with Crippen molar-refractivity contribution in [3.8, 4) is 0 Å². The quantitative estimate of drug-likeness (QED) is 0.573. The number of benzene rings is 1. The molecule has 5 nitrogen and oxygen atoms in total. The summed E-state index contributed by atoms with van der Waals surface area (Å²) in [6, 6.07) is 3.06. The van der Waals surface area contributed by atoms with Crippen molar-refractivity contribution in [3.05, 3.63) is 34.4 Å². The molecule has 0 fully saturated rings. The molecule has 0 aromatic heterocycles. The fraction of sp³-hybridized carbons (Fsp3) is 0.200. The Labute approximate surface area is 85.3 Å². The van der Waals surface area contributed by atoms with Gasteiger partial charge in [-0.3, -0.25) is 14.9 Å². The van der Waals surface area contributed by atoms with Gasteiger partial charge in [0.15, 0.2) is 0 Å². The Morgan fingerprint density at radius 3 is 1.67 bits per heavy atom. The van der Waals surface area contributed by atoms with Gasteiger partial charge >= 0.3 is 0 Å². The molecule has 0 atom stereocenters. The molecule has 5 heteroatoms. The molecule has 0 saturated heterocycles. The largest absolute Gasteiger partial charge is 0.392 e. The minimum Gasteiger partial charge on any atom is -0.392 e. The number of carbonyl (C=O) groups excluding carboxylic acids is 2. The molecule has 0 unspecified atom stereocenters. The molecule has 1 heterocycles. The molecule has 1 aromatic rings. The van der Waals surface area contributed by atoms with Crippen LogP contribution in [0.5, 0.6) is 0 Å². The number of rotatable bonds is 2. The lowest BCUT2D eigenvalue weighted by Gasteiger charge is -2.05. The molecule has 0 saturated carbocycles. The number of imide groups is 1. The molecular formula is C10H9NO4. The van der Waals surface area contributed by atoms with Crippen LogP contribution in [0.4, 0.5) is 0 Å². The number of carbonyl (C=O) groups is 2. The van der Waals surface area contributed by atoms with Gasteiger partial charge in [0, 0.05) is 0 Å². The number of aliphatic hydroxyl groups excluding tert-OH is 2. The van der Waals surface area contributed by atoms with E-state index in [9.17, 15) is 9.59 Å². The normalized spacial score (nSPS) is 14.0.